The number of H-pyrrole nitrogens is 1. The number of carboxylic acids is 1. The van der Waals surface area contributed by atoms with Crippen LogP contribution in [0.1, 0.15) is 18.6 Å². The first-order chi connectivity index (χ1) is 8.32. The third-order valence-corrected chi connectivity index (χ3v) is 2.59. The molecule has 0 spiro atoms. The van der Waals surface area contributed by atoms with E-state index in [4.69, 9.17) is 5.11 Å². The third-order valence-electron chi connectivity index (χ3n) is 2.59. The molecule has 8 nitrogen and oxygen atoms in total. The van der Waals surface area contributed by atoms with Crippen LogP contribution in [0.4, 0.5) is 4.79 Å². The SMILES string of the molecule is Cc1nc(CN(C)C(=O)N(C)C(C)C(=O)O)n[nH]1. The minimum atomic E-state index is -1.05. The quantitative estimate of drug-likeness (QED) is 0.792. The summed E-state index contributed by atoms with van der Waals surface area (Å²) in [5.41, 5.74) is 0. The molecule has 8 heteroatoms. The lowest BCUT2D eigenvalue weighted by atomic mass is 10.3. The molecule has 0 radical (unpaired) electrons. The van der Waals surface area contributed by atoms with E-state index in [0.717, 1.165) is 4.90 Å². The van der Waals surface area contributed by atoms with E-state index in [9.17, 15) is 9.59 Å². The van der Waals surface area contributed by atoms with Gasteiger partial charge in [-0.25, -0.2) is 14.6 Å². The minimum Gasteiger partial charge on any atom is -0.480 e. The molecular formula is C10H17N5O3. The first-order valence-electron chi connectivity index (χ1n) is 5.41. The summed E-state index contributed by atoms with van der Waals surface area (Å²) in [5.74, 6) is 0.103. The lowest BCUT2D eigenvalue weighted by molar-refractivity contribution is -0.141. The lowest BCUT2D eigenvalue weighted by Crippen LogP contribution is -2.46. The summed E-state index contributed by atoms with van der Waals surface area (Å²) in [6.45, 7) is 3.43. The Hall–Kier alpha value is -2.12. The number of aliphatic carboxylic acids is 1. The number of carbonyl (C=O) groups is 2. The molecule has 100 valence electrons. The van der Waals surface area contributed by atoms with Crippen molar-refractivity contribution in [1.82, 2.24) is 25.0 Å². The highest BCUT2D eigenvalue weighted by Crippen LogP contribution is 2.04. The van der Waals surface area contributed by atoms with Gasteiger partial charge in [0.05, 0.1) is 6.54 Å². The van der Waals surface area contributed by atoms with Gasteiger partial charge in [-0.1, -0.05) is 0 Å². The first-order valence-corrected chi connectivity index (χ1v) is 5.41. The van der Waals surface area contributed by atoms with Gasteiger partial charge in [0.2, 0.25) is 0 Å². The number of urea groups is 1. The minimum absolute atomic E-state index is 0.222. The van der Waals surface area contributed by atoms with E-state index in [0.29, 0.717) is 11.6 Å². The number of nitrogens with zero attached hydrogens (tertiary/aromatic N) is 4. The van der Waals surface area contributed by atoms with Crippen LogP contribution in [0, 0.1) is 6.92 Å². The molecular weight excluding hydrogens is 238 g/mol. The Morgan fingerprint density at radius 2 is 2.06 bits per heavy atom. The van der Waals surface area contributed by atoms with E-state index >= 15 is 0 Å². The van der Waals surface area contributed by atoms with Crippen molar-refractivity contribution in [2.45, 2.75) is 26.4 Å². The molecule has 0 bridgehead atoms. The van der Waals surface area contributed by atoms with Crippen LogP contribution in [0.25, 0.3) is 0 Å². The maximum atomic E-state index is 11.9. The van der Waals surface area contributed by atoms with Gasteiger partial charge in [-0.15, -0.1) is 0 Å². The highest BCUT2D eigenvalue weighted by atomic mass is 16.4. The summed E-state index contributed by atoms with van der Waals surface area (Å²) < 4.78 is 0. The number of aromatic amines is 1. The fourth-order valence-electron chi connectivity index (χ4n) is 1.34. The molecule has 2 N–H and O–H groups in total. The second-order valence-electron chi connectivity index (χ2n) is 4.10. The Bertz CT molecular complexity index is 444. The fraction of sp³-hybridized carbons (Fsp3) is 0.600. The second-order valence-corrected chi connectivity index (χ2v) is 4.10. The van der Waals surface area contributed by atoms with Crippen molar-refractivity contribution in [3.8, 4) is 0 Å². The van der Waals surface area contributed by atoms with E-state index in [1.165, 1.54) is 18.9 Å². The second kappa shape index (κ2) is 5.48. The van der Waals surface area contributed by atoms with Crippen LogP contribution in [0.3, 0.4) is 0 Å². The van der Waals surface area contributed by atoms with Crippen molar-refractivity contribution in [3.63, 3.8) is 0 Å². The smallest absolute Gasteiger partial charge is 0.326 e. The number of hydrogen-bond donors (Lipinski definition) is 2. The average Bonchev–Trinajstić information content (AvgIpc) is 2.71. The summed E-state index contributed by atoms with van der Waals surface area (Å²) in [6, 6.07) is -1.28. The maximum Gasteiger partial charge on any atom is 0.326 e. The molecule has 1 heterocycles. The van der Waals surface area contributed by atoms with Crippen molar-refractivity contribution < 1.29 is 14.7 Å². The summed E-state index contributed by atoms with van der Waals surface area (Å²) in [7, 11) is 3.01. The number of carbonyl (C=O) groups excluding carboxylic acids is 1. The van der Waals surface area contributed by atoms with Crippen LogP contribution in [-0.2, 0) is 11.3 Å². The number of carboxylic acid groups (broad SMARTS) is 1. The van der Waals surface area contributed by atoms with Gasteiger partial charge < -0.3 is 14.9 Å². The van der Waals surface area contributed by atoms with Crippen molar-refractivity contribution in [2.24, 2.45) is 0 Å². The van der Waals surface area contributed by atoms with Crippen LogP contribution in [0.15, 0.2) is 0 Å². The molecule has 0 saturated carbocycles. The van der Waals surface area contributed by atoms with Crippen molar-refractivity contribution in [3.05, 3.63) is 11.6 Å². The Balaban J connectivity index is 2.63. The molecule has 0 aliphatic carbocycles. The average molecular weight is 255 g/mol. The van der Waals surface area contributed by atoms with Crippen molar-refractivity contribution in [1.29, 1.82) is 0 Å². The van der Waals surface area contributed by atoms with Crippen LogP contribution in [0.5, 0.6) is 0 Å². The Labute approximate surface area is 105 Å². The molecule has 0 saturated heterocycles. The van der Waals surface area contributed by atoms with Gasteiger partial charge in [0.25, 0.3) is 0 Å². The molecule has 1 rings (SSSR count). The zero-order valence-corrected chi connectivity index (χ0v) is 10.8. The monoisotopic (exact) mass is 255 g/mol. The molecule has 1 aromatic rings. The summed E-state index contributed by atoms with van der Waals surface area (Å²) >= 11 is 0. The van der Waals surface area contributed by atoms with Gasteiger partial charge in [-0.05, 0) is 13.8 Å². The van der Waals surface area contributed by atoms with Gasteiger partial charge in [0.15, 0.2) is 5.82 Å². The number of hydrogen-bond acceptors (Lipinski definition) is 4. The van der Waals surface area contributed by atoms with Gasteiger partial charge in [-0.3, -0.25) is 5.10 Å². The Morgan fingerprint density at radius 1 is 1.44 bits per heavy atom. The Kier molecular flexibility index (Phi) is 4.24. The zero-order valence-electron chi connectivity index (χ0n) is 10.8. The predicted molar refractivity (Wildman–Crippen MR) is 62.8 cm³/mol. The summed E-state index contributed by atoms with van der Waals surface area (Å²) in [6.07, 6.45) is 0. The number of rotatable bonds is 4. The Morgan fingerprint density at radius 3 is 2.50 bits per heavy atom. The van der Waals surface area contributed by atoms with Crippen LogP contribution in [0.2, 0.25) is 0 Å². The molecule has 2 amide bonds. The van der Waals surface area contributed by atoms with Gasteiger partial charge >= 0.3 is 12.0 Å². The van der Waals surface area contributed by atoms with E-state index in [1.54, 1.807) is 14.0 Å². The molecule has 0 aromatic carbocycles. The van der Waals surface area contributed by atoms with E-state index < -0.39 is 18.0 Å². The van der Waals surface area contributed by atoms with E-state index in [-0.39, 0.29) is 6.54 Å². The van der Waals surface area contributed by atoms with Gasteiger partial charge in [0, 0.05) is 14.1 Å². The maximum absolute atomic E-state index is 11.9. The van der Waals surface area contributed by atoms with Crippen LogP contribution in [-0.4, -0.2) is 62.2 Å². The molecule has 1 unspecified atom stereocenters. The first kappa shape index (κ1) is 13.9. The molecule has 1 aromatic heterocycles. The number of aryl methyl sites for hydroxylation is 1. The molecule has 18 heavy (non-hydrogen) atoms. The lowest BCUT2D eigenvalue weighted by Gasteiger charge is -2.26. The van der Waals surface area contributed by atoms with Crippen LogP contribution >= 0.6 is 0 Å². The van der Waals surface area contributed by atoms with E-state index in [1.807, 2.05) is 0 Å². The van der Waals surface area contributed by atoms with Gasteiger partial charge in [0.1, 0.15) is 11.9 Å². The number of aromatic nitrogens is 3. The highest BCUT2D eigenvalue weighted by Gasteiger charge is 2.24. The predicted octanol–water partition coefficient (Wildman–Crippen LogP) is 0.0698. The fourth-order valence-corrected chi connectivity index (χ4v) is 1.34. The largest absolute Gasteiger partial charge is 0.480 e. The molecule has 1 atom stereocenters. The topological polar surface area (TPSA) is 102 Å². The molecule has 0 aliphatic rings. The molecule has 0 fully saturated rings. The highest BCUT2D eigenvalue weighted by molar-refractivity contribution is 5.81. The normalized spacial score (nSPS) is 12.0. The van der Waals surface area contributed by atoms with Gasteiger partial charge in [-0.2, -0.15) is 5.10 Å². The van der Waals surface area contributed by atoms with Crippen molar-refractivity contribution >= 4 is 12.0 Å². The zero-order chi connectivity index (χ0) is 13.9. The summed E-state index contributed by atoms with van der Waals surface area (Å²) in [5, 5.41) is 15.4. The standard InChI is InChI=1S/C10H17N5O3/c1-6(9(16)17)15(4)10(18)14(3)5-8-11-7(2)12-13-8/h6H,5H2,1-4H3,(H,16,17)(H,11,12,13). The third kappa shape index (κ3) is 3.19. The number of nitrogens with one attached hydrogen (secondary N) is 1. The van der Waals surface area contributed by atoms with E-state index in [2.05, 4.69) is 15.2 Å². The van der Waals surface area contributed by atoms with Crippen LogP contribution < -0.4 is 0 Å². The summed E-state index contributed by atoms with van der Waals surface area (Å²) in [4.78, 5) is 29.3. The van der Waals surface area contributed by atoms with Crippen molar-refractivity contribution in [2.75, 3.05) is 14.1 Å². The number of likely N-dealkylation sites (N-methyl/N-ethyl adjacent to an activating group) is 1. The number of amides is 2. The molecule has 0 aliphatic heterocycles.